The van der Waals surface area contributed by atoms with E-state index in [9.17, 15) is 19.2 Å². The second kappa shape index (κ2) is 13.4. The van der Waals surface area contributed by atoms with E-state index in [1.54, 1.807) is 68.4 Å². The number of aliphatic carboxylic acids is 1. The van der Waals surface area contributed by atoms with Crippen molar-refractivity contribution >= 4 is 23.5 Å². The van der Waals surface area contributed by atoms with Gasteiger partial charge in [-0.3, -0.25) is 9.59 Å². The SMILES string of the molecule is C=C(CC(=O)c1ccccc1)C(=O)OCC.CCC=C(C(=O)O)C(=O)c1ccccc1. The van der Waals surface area contributed by atoms with E-state index >= 15 is 0 Å². The summed E-state index contributed by atoms with van der Waals surface area (Å²) >= 11 is 0. The van der Waals surface area contributed by atoms with E-state index in [1.807, 2.05) is 6.07 Å². The largest absolute Gasteiger partial charge is 0.478 e. The average Bonchev–Trinajstić information content (AvgIpc) is 2.78. The van der Waals surface area contributed by atoms with Crippen molar-refractivity contribution < 1.29 is 29.0 Å². The summed E-state index contributed by atoms with van der Waals surface area (Å²) in [4.78, 5) is 45.5. The second-order valence-corrected chi connectivity index (χ2v) is 6.32. The molecule has 31 heavy (non-hydrogen) atoms. The van der Waals surface area contributed by atoms with Gasteiger partial charge >= 0.3 is 11.9 Å². The van der Waals surface area contributed by atoms with E-state index in [2.05, 4.69) is 6.58 Å². The standard InChI is InChI=1S/C13H14O3.C12H12O3/c1-3-16-13(15)10(2)9-12(14)11-7-5-4-6-8-11;1-2-6-10(12(14)15)11(13)9-7-4-3-5-8-9/h4-8H,2-3,9H2,1H3;3-8H,2H2,1H3,(H,14,15). The Morgan fingerprint density at radius 1 is 0.903 bits per heavy atom. The summed E-state index contributed by atoms with van der Waals surface area (Å²) in [5, 5.41) is 8.85. The summed E-state index contributed by atoms with van der Waals surface area (Å²) in [6.07, 6.45) is 1.96. The number of Topliss-reactive ketones (excluding diaryl/α,β-unsaturated/α-hetero) is 2. The molecule has 0 aliphatic carbocycles. The lowest BCUT2D eigenvalue weighted by atomic mass is 10.0. The van der Waals surface area contributed by atoms with E-state index in [4.69, 9.17) is 9.84 Å². The fourth-order valence-electron chi connectivity index (χ4n) is 2.45. The van der Waals surface area contributed by atoms with Gasteiger partial charge in [0, 0.05) is 23.1 Å². The van der Waals surface area contributed by atoms with Gasteiger partial charge in [-0.1, -0.05) is 80.2 Å². The van der Waals surface area contributed by atoms with Crippen molar-refractivity contribution in [2.24, 2.45) is 0 Å². The second-order valence-electron chi connectivity index (χ2n) is 6.32. The highest BCUT2D eigenvalue weighted by atomic mass is 16.5. The van der Waals surface area contributed by atoms with Crippen LogP contribution in [0.15, 0.2) is 84.5 Å². The molecule has 1 N–H and O–H groups in total. The first-order valence-corrected chi connectivity index (χ1v) is 9.78. The Morgan fingerprint density at radius 2 is 1.42 bits per heavy atom. The van der Waals surface area contributed by atoms with Crippen LogP contribution in [0.25, 0.3) is 0 Å². The first-order chi connectivity index (χ1) is 14.8. The van der Waals surface area contributed by atoms with Crippen molar-refractivity contribution in [3.05, 3.63) is 95.6 Å². The zero-order valence-electron chi connectivity index (χ0n) is 17.7. The predicted octanol–water partition coefficient (Wildman–Crippen LogP) is 4.67. The van der Waals surface area contributed by atoms with E-state index in [0.717, 1.165) is 0 Å². The van der Waals surface area contributed by atoms with Gasteiger partial charge < -0.3 is 9.84 Å². The van der Waals surface area contributed by atoms with Gasteiger partial charge in [0.05, 0.1) is 6.61 Å². The average molecular weight is 422 g/mol. The number of carboxylic acid groups (broad SMARTS) is 1. The number of carbonyl (C=O) groups is 4. The molecule has 0 bridgehead atoms. The molecular formula is C25H26O6. The van der Waals surface area contributed by atoms with Gasteiger partial charge in [0.2, 0.25) is 0 Å². The summed E-state index contributed by atoms with van der Waals surface area (Å²) < 4.78 is 4.75. The number of ketones is 2. The van der Waals surface area contributed by atoms with Crippen molar-refractivity contribution in [3.8, 4) is 0 Å². The Hall–Kier alpha value is -3.80. The lowest BCUT2D eigenvalue weighted by Crippen LogP contribution is -2.12. The Kier molecular flexibility index (Phi) is 10.9. The van der Waals surface area contributed by atoms with Crippen LogP contribution in [0.4, 0.5) is 0 Å². The van der Waals surface area contributed by atoms with Crippen LogP contribution in [-0.4, -0.2) is 35.2 Å². The maximum Gasteiger partial charge on any atom is 0.339 e. The Morgan fingerprint density at radius 3 is 1.87 bits per heavy atom. The summed E-state index contributed by atoms with van der Waals surface area (Å²) in [5.41, 5.74) is 1.01. The number of hydrogen-bond acceptors (Lipinski definition) is 5. The molecule has 0 aliphatic rings. The van der Waals surface area contributed by atoms with Crippen LogP contribution in [0.2, 0.25) is 0 Å². The highest BCUT2D eigenvalue weighted by Gasteiger charge is 2.17. The molecule has 2 rings (SSSR count). The molecule has 0 radical (unpaired) electrons. The fourth-order valence-corrected chi connectivity index (χ4v) is 2.45. The first kappa shape index (κ1) is 25.2. The molecule has 0 saturated heterocycles. The van der Waals surface area contributed by atoms with Gasteiger partial charge in [0.25, 0.3) is 0 Å². The van der Waals surface area contributed by atoms with Crippen LogP contribution in [0.3, 0.4) is 0 Å². The smallest absolute Gasteiger partial charge is 0.339 e. The van der Waals surface area contributed by atoms with Crippen LogP contribution in [0, 0.1) is 0 Å². The molecule has 0 aromatic heterocycles. The molecule has 0 saturated carbocycles. The number of carbonyl (C=O) groups excluding carboxylic acids is 3. The minimum Gasteiger partial charge on any atom is -0.478 e. The molecule has 0 fully saturated rings. The molecule has 0 heterocycles. The van der Waals surface area contributed by atoms with Crippen molar-refractivity contribution in [1.29, 1.82) is 0 Å². The van der Waals surface area contributed by atoms with E-state index in [1.165, 1.54) is 6.08 Å². The summed E-state index contributed by atoms with van der Waals surface area (Å²) in [7, 11) is 0. The molecule has 0 amide bonds. The number of esters is 1. The molecule has 2 aromatic carbocycles. The Bertz CT molecular complexity index is 942. The molecule has 0 spiro atoms. The van der Waals surface area contributed by atoms with Crippen molar-refractivity contribution in [2.45, 2.75) is 26.7 Å². The third kappa shape index (κ3) is 8.62. The van der Waals surface area contributed by atoms with Gasteiger partial charge in [-0.15, -0.1) is 0 Å². The number of allylic oxidation sites excluding steroid dienone is 1. The van der Waals surface area contributed by atoms with Crippen LogP contribution in [-0.2, 0) is 14.3 Å². The minimum atomic E-state index is -1.18. The molecule has 0 atom stereocenters. The van der Waals surface area contributed by atoms with Gasteiger partial charge in [0.15, 0.2) is 11.6 Å². The number of carboxylic acids is 1. The first-order valence-electron chi connectivity index (χ1n) is 9.78. The number of rotatable bonds is 9. The fraction of sp³-hybridized carbons (Fsp3) is 0.200. The van der Waals surface area contributed by atoms with Gasteiger partial charge in [-0.05, 0) is 13.3 Å². The normalized spacial score (nSPS) is 10.3. The van der Waals surface area contributed by atoms with Crippen molar-refractivity contribution in [1.82, 2.24) is 0 Å². The van der Waals surface area contributed by atoms with Gasteiger partial charge in [-0.25, -0.2) is 9.59 Å². The quantitative estimate of drug-likeness (QED) is 0.207. The summed E-state index contributed by atoms with van der Waals surface area (Å²) in [6, 6.07) is 17.2. The van der Waals surface area contributed by atoms with Crippen molar-refractivity contribution in [2.75, 3.05) is 6.61 Å². The third-order valence-electron chi connectivity index (χ3n) is 3.95. The lowest BCUT2D eigenvalue weighted by Gasteiger charge is -2.04. The van der Waals surface area contributed by atoms with Gasteiger partial charge in [-0.2, -0.15) is 0 Å². The number of hydrogen-bond donors (Lipinski definition) is 1. The zero-order valence-corrected chi connectivity index (χ0v) is 17.7. The highest BCUT2D eigenvalue weighted by Crippen LogP contribution is 2.10. The Balaban J connectivity index is 0.000000311. The zero-order chi connectivity index (χ0) is 23.2. The van der Waals surface area contributed by atoms with Crippen LogP contribution < -0.4 is 0 Å². The molecular weight excluding hydrogens is 396 g/mol. The molecule has 6 heteroatoms. The molecule has 6 nitrogen and oxygen atoms in total. The topological polar surface area (TPSA) is 97.7 Å². The summed E-state index contributed by atoms with van der Waals surface area (Å²) in [5.74, 6) is -2.25. The predicted molar refractivity (Wildman–Crippen MR) is 118 cm³/mol. The monoisotopic (exact) mass is 422 g/mol. The Labute approximate surface area is 181 Å². The van der Waals surface area contributed by atoms with E-state index < -0.39 is 17.7 Å². The minimum absolute atomic E-state index is 0.00282. The molecule has 0 unspecified atom stereocenters. The summed E-state index contributed by atoms with van der Waals surface area (Å²) in [6.45, 7) is 7.34. The third-order valence-corrected chi connectivity index (χ3v) is 3.95. The highest BCUT2D eigenvalue weighted by molar-refractivity contribution is 6.23. The molecule has 2 aromatic rings. The number of benzene rings is 2. The van der Waals surface area contributed by atoms with Crippen LogP contribution in [0.1, 0.15) is 47.4 Å². The van der Waals surface area contributed by atoms with Crippen LogP contribution >= 0.6 is 0 Å². The molecule has 0 aliphatic heterocycles. The lowest BCUT2D eigenvalue weighted by molar-refractivity contribution is -0.138. The van der Waals surface area contributed by atoms with Crippen molar-refractivity contribution in [3.63, 3.8) is 0 Å². The van der Waals surface area contributed by atoms with Crippen LogP contribution in [0.5, 0.6) is 0 Å². The van der Waals surface area contributed by atoms with E-state index in [-0.39, 0.29) is 30.0 Å². The maximum absolute atomic E-state index is 11.7. The van der Waals surface area contributed by atoms with Gasteiger partial charge in [0.1, 0.15) is 5.57 Å². The van der Waals surface area contributed by atoms with E-state index in [0.29, 0.717) is 17.5 Å². The maximum atomic E-state index is 11.7. The molecule has 162 valence electrons. The number of ether oxygens (including phenoxy) is 1.